The molecular formula is C22H28N6. The van der Waals surface area contributed by atoms with Crippen molar-refractivity contribution in [3.63, 3.8) is 0 Å². The van der Waals surface area contributed by atoms with Crippen molar-refractivity contribution < 1.29 is 0 Å². The summed E-state index contributed by atoms with van der Waals surface area (Å²) in [6.07, 6.45) is 9.77. The Morgan fingerprint density at radius 3 is 2.57 bits per heavy atom. The first-order valence-electron chi connectivity index (χ1n) is 10.7. The molecule has 2 aromatic heterocycles. The molecule has 5 atom stereocenters. The summed E-state index contributed by atoms with van der Waals surface area (Å²) in [5, 5.41) is 16.9. The van der Waals surface area contributed by atoms with Crippen molar-refractivity contribution in [1.82, 2.24) is 24.9 Å². The summed E-state index contributed by atoms with van der Waals surface area (Å²) >= 11 is 0. The molecule has 0 radical (unpaired) electrons. The van der Waals surface area contributed by atoms with Crippen molar-refractivity contribution in [2.24, 2.45) is 36.6 Å². The Morgan fingerprint density at radius 2 is 1.96 bits per heavy atom. The molecule has 0 amide bonds. The van der Waals surface area contributed by atoms with Crippen LogP contribution in [0.5, 0.6) is 0 Å². The molecule has 3 unspecified atom stereocenters. The van der Waals surface area contributed by atoms with Gasteiger partial charge in [0.2, 0.25) is 0 Å². The predicted octanol–water partition coefficient (Wildman–Crippen LogP) is 2.74. The number of aryl methyl sites for hydroxylation is 2. The van der Waals surface area contributed by atoms with Crippen LogP contribution in [0.2, 0.25) is 0 Å². The Balaban J connectivity index is 1.03. The number of rotatable bonds is 5. The molecule has 1 N–H and O–H groups in total. The summed E-state index contributed by atoms with van der Waals surface area (Å²) in [5.41, 5.74) is 2.93. The van der Waals surface area contributed by atoms with Crippen LogP contribution < -0.4 is 5.32 Å². The van der Waals surface area contributed by atoms with Crippen LogP contribution in [-0.2, 0) is 7.05 Å². The minimum atomic E-state index is 0.580. The van der Waals surface area contributed by atoms with Gasteiger partial charge < -0.3 is 10.2 Å². The molecule has 4 aliphatic rings. The zero-order valence-corrected chi connectivity index (χ0v) is 16.6. The molecule has 2 saturated carbocycles. The normalized spacial score (nSPS) is 35.5. The molecule has 1 saturated heterocycles. The average molecular weight is 377 g/mol. The van der Waals surface area contributed by atoms with Gasteiger partial charge >= 0.3 is 0 Å². The van der Waals surface area contributed by atoms with Crippen LogP contribution in [0.15, 0.2) is 30.5 Å². The number of fused-ring (bicyclic) bond motifs is 3. The third-order valence-corrected chi connectivity index (χ3v) is 7.45. The van der Waals surface area contributed by atoms with Gasteiger partial charge in [-0.2, -0.15) is 5.10 Å². The van der Waals surface area contributed by atoms with Gasteiger partial charge in [0, 0.05) is 44.5 Å². The highest BCUT2D eigenvalue weighted by Crippen LogP contribution is 2.49. The third-order valence-electron chi connectivity index (χ3n) is 7.45. The van der Waals surface area contributed by atoms with E-state index in [1.807, 2.05) is 30.9 Å². The lowest BCUT2D eigenvalue weighted by atomic mass is 9.93. The number of anilines is 1. The molecule has 2 bridgehead atoms. The van der Waals surface area contributed by atoms with E-state index in [0.29, 0.717) is 6.04 Å². The third kappa shape index (κ3) is 2.77. The Labute approximate surface area is 166 Å². The van der Waals surface area contributed by atoms with Gasteiger partial charge in [-0.3, -0.25) is 4.68 Å². The lowest BCUT2D eigenvalue weighted by Crippen LogP contribution is -2.33. The van der Waals surface area contributed by atoms with Crippen molar-refractivity contribution in [3.8, 4) is 11.3 Å². The number of aromatic nitrogens is 4. The van der Waals surface area contributed by atoms with Crippen LogP contribution >= 0.6 is 0 Å². The molecular weight excluding hydrogens is 348 g/mol. The fourth-order valence-electron chi connectivity index (χ4n) is 5.99. The second-order valence-corrected chi connectivity index (χ2v) is 9.36. The number of likely N-dealkylation sites (tertiary alicyclic amines) is 1. The highest BCUT2D eigenvalue weighted by molar-refractivity contribution is 5.61. The van der Waals surface area contributed by atoms with E-state index in [-0.39, 0.29) is 0 Å². The van der Waals surface area contributed by atoms with Crippen LogP contribution in [0, 0.1) is 36.5 Å². The lowest BCUT2D eigenvalue weighted by Gasteiger charge is -2.26. The summed E-state index contributed by atoms with van der Waals surface area (Å²) in [5.74, 6) is 5.14. The molecule has 1 aliphatic heterocycles. The molecule has 3 aliphatic carbocycles. The Kier molecular flexibility index (Phi) is 3.67. The molecule has 2 aromatic rings. The molecule has 6 rings (SSSR count). The highest BCUT2D eigenvalue weighted by Gasteiger charge is 2.56. The van der Waals surface area contributed by atoms with Gasteiger partial charge in [-0.25, -0.2) is 0 Å². The summed E-state index contributed by atoms with van der Waals surface area (Å²) < 4.78 is 1.82. The molecule has 28 heavy (non-hydrogen) atoms. The van der Waals surface area contributed by atoms with E-state index in [1.54, 1.807) is 0 Å². The number of piperidine rings is 1. The standard InChI is InChI=1S/C22H28N6/c1-13-17(10-27(2)26-13)20-5-6-21(25-24-20)23-22-18-11-28(12-19(18)22)9-16-8-14-3-4-15(16)7-14/h3-6,10,14-16,18-19,22H,7-9,11-12H2,1-2H3,(H,23,25)/t14?,15?,16?,18-,19-/m1/s1. The van der Waals surface area contributed by atoms with E-state index in [0.717, 1.165) is 52.4 Å². The van der Waals surface area contributed by atoms with Gasteiger partial charge in [0.15, 0.2) is 0 Å². The first-order chi connectivity index (χ1) is 13.6. The van der Waals surface area contributed by atoms with Crippen LogP contribution in [-0.4, -0.2) is 50.6 Å². The van der Waals surface area contributed by atoms with Gasteiger partial charge in [0.25, 0.3) is 0 Å². The summed E-state index contributed by atoms with van der Waals surface area (Å²) in [4.78, 5) is 2.71. The molecule has 3 heterocycles. The first-order valence-corrected chi connectivity index (χ1v) is 10.7. The smallest absolute Gasteiger partial charge is 0.148 e. The number of nitrogens with one attached hydrogen (secondary N) is 1. The second kappa shape index (κ2) is 6.14. The predicted molar refractivity (Wildman–Crippen MR) is 109 cm³/mol. The van der Waals surface area contributed by atoms with Gasteiger partial charge in [0.1, 0.15) is 5.82 Å². The summed E-state index contributed by atoms with van der Waals surface area (Å²) in [7, 11) is 1.93. The van der Waals surface area contributed by atoms with Crippen molar-refractivity contribution in [2.75, 3.05) is 25.0 Å². The maximum absolute atomic E-state index is 4.42. The fraction of sp³-hybridized carbons (Fsp3) is 0.591. The quantitative estimate of drug-likeness (QED) is 0.813. The lowest BCUT2D eigenvalue weighted by molar-refractivity contribution is 0.232. The first kappa shape index (κ1) is 16.7. The number of hydrogen-bond donors (Lipinski definition) is 1. The molecule has 0 aromatic carbocycles. The van der Waals surface area contributed by atoms with Gasteiger partial charge in [-0.1, -0.05) is 12.2 Å². The van der Waals surface area contributed by atoms with Crippen LogP contribution in [0.4, 0.5) is 5.82 Å². The van der Waals surface area contributed by atoms with E-state index >= 15 is 0 Å². The van der Waals surface area contributed by atoms with Crippen molar-refractivity contribution in [2.45, 2.75) is 25.8 Å². The molecule has 146 valence electrons. The molecule has 6 heteroatoms. The van der Waals surface area contributed by atoms with E-state index in [4.69, 9.17) is 0 Å². The average Bonchev–Trinajstić information content (AvgIpc) is 3.22. The van der Waals surface area contributed by atoms with E-state index < -0.39 is 0 Å². The monoisotopic (exact) mass is 376 g/mol. The maximum atomic E-state index is 4.42. The summed E-state index contributed by atoms with van der Waals surface area (Å²) in [6.45, 7) is 5.82. The summed E-state index contributed by atoms with van der Waals surface area (Å²) in [6, 6.07) is 4.69. The molecule has 0 spiro atoms. The van der Waals surface area contributed by atoms with Gasteiger partial charge in [-0.15, -0.1) is 10.2 Å². The van der Waals surface area contributed by atoms with Crippen molar-refractivity contribution >= 4 is 5.82 Å². The molecule has 3 fully saturated rings. The zero-order valence-electron chi connectivity index (χ0n) is 16.6. The molecule has 6 nitrogen and oxygen atoms in total. The topological polar surface area (TPSA) is 58.9 Å². The van der Waals surface area contributed by atoms with Crippen molar-refractivity contribution in [1.29, 1.82) is 0 Å². The van der Waals surface area contributed by atoms with Crippen LogP contribution in [0.3, 0.4) is 0 Å². The minimum Gasteiger partial charge on any atom is -0.365 e. The minimum absolute atomic E-state index is 0.580. The van der Waals surface area contributed by atoms with E-state index in [2.05, 4.69) is 43.7 Å². The Hall–Kier alpha value is -2.21. The second-order valence-electron chi connectivity index (χ2n) is 9.36. The fourth-order valence-corrected chi connectivity index (χ4v) is 5.99. The maximum Gasteiger partial charge on any atom is 0.148 e. The Bertz CT molecular complexity index is 904. The van der Waals surface area contributed by atoms with E-state index in [9.17, 15) is 0 Å². The Morgan fingerprint density at radius 1 is 1.11 bits per heavy atom. The zero-order chi connectivity index (χ0) is 18.8. The highest BCUT2D eigenvalue weighted by atomic mass is 15.3. The van der Waals surface area contributed by atoms with Crippen LogP contribution in [0.1, 0.15) is 18.5 Å². The SMILES string of the molecule is Cc1nn(C)cc1-c1ccc(NC2[C@@H]3CN(CC4CC5C=CC4C5)C[C@@H]23)nn1. The van der Waals surface area contributed by atoms with E-state index in [1.165, 1.54) is 32.5 Å². The largest absolute Gasteiger partial charge is 0.365 e. The van der Waals surface area contributed by atoms with Gasteiger partial charge in [-0.05, 0) is 61.5 Å². The number of nitrogens with zero attached hydrogens (tertiary/aromatic N) is 5. The van der Waals surface area contributed by atoms with Gasteiger partial charge in [0.05, 0.1) is 11.4 Å². The number of allylic oxidation sites excluding steroid dienone is 2. The van der Waals surface area contributed by atoms with Crippen molar-refractivity contribution in [3.05, 3.63) is 36.2 Å². The van der Waals surface area contributed by atoms with Crippen LogP contribution in [0.25, 0.3) is 11.3 Å². The number of hydrogen-bond acceptors (Lipinski definition) is 5.